The topological polar surface area (TPSA) is 66.0 Å². The Morgan fingerprint density at radius 1 is 1.08 bits per heavy atom. The first-order chi connectivity index (χ1) is 12.2. The van der Waals surface area contributed by atoms with Crippen LogP contribution in [-0.4, -0.2) is 10.9 Å². The summed E-state index contributed by atoms with van der Waals surface area (Å²) in [4.78, 5) is 16.6. The summed E-state index contributed by atoms with van der Waals surface area (Å²) in [6.45, 7) is 0. The zero-order chi connectivity index (χ0) is 17.2. The minimum atomic E-state index is -0.279. The number of nitrogens with zero attached hydrogens (tertiary/aromatic N) is 1. The molecule has 1 atom stereocenters. The van der Waals surface area contributed by atoms with E-state index in [2.05, 4.69) is 21.2 Å². The molecule has 2 heterocycles. The second-order valence-corrected chi connectivity index (χ2v) is 5.73. The van der Waals surface area contributed by atoms with E-state index in [1.807, 2.05) is 18.2 Å². The summed E-state index contributed by atoms with van der Waals surface area (Å²) in [6, 6.07) is 16.9. The number of rotatable bonds is 3. The van der Waals surface area contributed by atoms with Gasteiger partial charge in [0.05, 0.1) is 11.7 Å². The number of amides is 1. The number of hydrogen-bond acceptors (Lipinski definition) is 4. The summed E-state index contributed by atoms with van der Waals surface area (Å²) in [7, 11) is 0. The molecule has 0 spiro atoms. The van der Waals surface area contributed by atoms with Gasteiger partial charge in [0.25, 0.3) is 5.91 Å². The first-order valence-electron chi connectivity index (χ1n) is 7.84. The highest BCUT2D eigenvalue weighted by Gasteiger charge is 2.24. The second kappa shape index (κ2) is 6.33. The lowest BCUT2D eigenvalue weighted by Crippen LogP contribution is -2.19. The van der Waals surface area contributed by atoms with Gasteiger partial charge in [-0.15, -0.1) is 0 Å². The monoisotopic (exact) mass is 334 g/mol. The molecule has 1 aliphatic heterocycles. The Kier molecular flexibility index (Phi) is 3.87. The molecule has 0 fully saturated rings. The van der Waals surface area contributed by atoms with Crippen LogP contribution in [0.2, 0.25) is 0 Å². The van der Waals surface area contributed by atoms with Crippen LogP contribution < -0.4 is 16.2 Å². The molecule has 0 saturated carbocycles. The third kappa shape index (κ3) is 3.07. The molecular weight excluding hydrogens is 319 g/mol. The first kappa shape index (κ1) is 15.3. The largest absolute Gasteiger partial charge is 0.320 e. The Balaban J connectivity index is 1.62. The van der Waals surface area contributed by atoms with E-state index in [-0.39, 0.29) is 17.8 Å². The molecule has 6 heteroatoms. The number of benzene rings is 2. The van der Waals surface area contributed by atoms with Gasteiger partial charge in [0.15, 0.2) is 0 Å². The van der Waals surface area contributed by atoms with Crippen LogP contribution in [0, 0.1) is 5.82 Å². The highest BCUT2D eigenvalue weighted by molar-refractivity contribution is 6.04. The molecular formula is C19H15FN4O. The minimum Gasteiger partial charge on any atom is -0.320 e. The normalized spacial score (nSPS) is 15.3. The SMILES string of the molecule is O=C(Nc1ccccn1)c1ccc2c(c1)C(c1ccc(F)cc1)NN2. The summed E-state index contributed by atoms with van der Waals surface area (Å²) in [6.07, 6.45) is 1.62. The maximum absolute atomic E-state index is 13.2. The van der Waals surface area contributed by atoms with Crippen LogP contribution in [0.4, 0.5) is 15.9 Å². The summed E-state index contributed by atoms with van der Waals surface area (Å²) >= 11 is 0. The van der Waals surface area contributed by atoms with E-state index in [0.717, 1.165) is 16.8 Å². The van der Waals surface area contributed by atoms with Crippen LogP contribution in [0.1, 0.15) is 27.5 Å². The summed E-state index contributed by atoms with van der Waals surface area (Å²) in [5, 5.41) is 2.77. The fourth-order valence-corrected chi connectivity index (χ4v) is 2.83. The smallest absolute Gasteiger partial charge is 0.256 e. The molecule has 1 amide bonds. The molecule has 4 rings (SSSR count). The molecule has 0 bridgehead atoms. The molecule has 0 saturated heterocycles. The van der Waals surface area contributed by atoms with Crippen molar-refractivity contribution >= 4 is 17.4 Å². The molecule has 5 nitrogen and oxygen atoms in total. The average molecular weight is 334 g/mol. The quantitative estimate of drug-likeness (QED) is 0.686. The maximum Gasteiger partial charge on any atom is 0.256 e. The van der Waals surface area contributed by atoms with Crippen molar-refractivity contribution in [3.05, 3.63) is 89.4 Å². The van der Waals surface area contributed by atoms with E-state index in [1.165, 1.54) is 12.1 Å². The summed E-state index contributed by atoms with van der Waals surface area (Å²) in [5.41, 5.74) is 9.51. The van der Waals surface area contributed by atoms with Crippen molar-refractivity contribution in [2.75, 3.05) is 10.7 Å². The van der Waals surface area contributed by atoms with Gasteiger partial charge in [-0.25, -0.2) is 14.8 Å². The van der Waals surface area contributed by atoms with Gasteiger partial charge in [-0.1, -0.05) is 18.2 Å². The molecule has 25 heavy (non-hydrogen) atoms. The van der Waals surface area contributed by atoms with Gasteiger partial charge in [0.1, 0.15) is 11.6 Å². The lowest BCUT2D eigenvalue weighted by molar-refractivity contribution is 0.102. The summed E-state index contributed by atoms with van der Waals surface area (Å²) < 4.78 is 13.2. The van der Waals surface area contributed by atoms with Crippen LogP contribution in [-0.2, 0) is 0 Å². The van der Waals surface area contributed by atoms with Gasteiger partial charge in [0.2, 0.25) is 0 Å². The van der Waals surface area contributed by atoms with E-state index in [9.17, 15) is 9.18 Å². The molecule has 0 radical (unpaired) electrons. The Morgan fingerprint density at radius 3 is 2.68 bits per heavy atom. The van der Waals surface area contributed by atoms with Crippen LogP contribution in [0.15, 0.2) is 66.9 Å². The molecule has 1 aromatic heterocycles. The molecule has 2 aromatic carbocycles. The number of halogens is 1. The van der Waals surface area contributed by atoms with Crippen LogP contribution >= 0.6 is 0 Å². The van der Waals surface area contributed by atoms with Gasteiger partial charge < -0.3 is 10.7 Å². The Bertz CT molecular complexity index is 912. The number of pyridine rings is 1. The molecule has 124 valence electrons. The van der Waals surface area contributed by atoms with Crippen molar-refractivity contribution < 1.29 is 9.18 Å². The Hall–Kier alpha value is -3.25. The van der Waals surface area contributed by atoms with Crippen molar-refractivity contribution in [1.82, 2.24) is 10.4 Å². The predicted octanol–water partition coefficient (Wildman–Crippen LogP) is 3.49. The molecule has 0 aliphatic carbocycles. The van der Waals surface area contributed by atoms with E-state index in [4.69, 9.17) is 0 Å². The second-order valence-electron chi connectivity index (χ2n) is 5.73. The number of carbonyl (C=O) groups is 1. The van der Waals surface area contributed by atoms with E-state index in [1.54, 1.807) is 36.5 Å². The Labute approximate surface area is 143 Å². The number of hydrazine groups is 1. The molecule has 1 unspecified atom stereocenters. The van der Waals surface area contributed by atoms with Gasteiger partial charge in [-0.2, -0.15) is 0 Å². The van der Waals surface area contributed by atoms with Crippen LogP contribution in [0.5, 0.6) is 0 Å². The van der Waals surface area contributed by atoms with E-state index >= 15 is 0 Å². The lowest BCUT2D eigenvalue weighted by Gasteiger charge is -2.12. The van der Waals surface area contributed by atoms with Crippen molar-refractivity contribution in [3.8, 4) is 0 Å². The minimum absolute atomic E-state index is 0.154. The van der Waals surface area contributed by atoms with E-state index in [0.29, 0.717) is 11.4 Å². The third-order valence-electron chi connectivity index (χ3n) is 4.09. The fraction of sp³-hybridized carbons (Fsp3) is 0.0526. The standard InChI is InChI=1S/C19H15FN4O/c20-14-7-4-12(5-8-14)18-15-11-13(6-9-16(15)23-24-18)19(25)22-17-3-1-2-10-21-17/h1-11,18,23-24H,(H,21,22,25). The average Bonchev–Trinajstić information content (AvgIpc) is 3.06. The van der Waals surface area contributed by atoms with Crippen molar-refractivity contribution in [2.45, 2.75) is 6.04 Å². The molecule has 3 aromatic rings. The number of aromatic nitrogens is 1. The predicted molar refractivity (Wildman–Crippen MR) is 93.6 cm³/mol. The number of carbonyl (C=O) groups excluding carboxylic acids is 1. The molecule has 3 N–H and O–H groups in total. The highest BCUT2D eigenvalue weighted by atomic mass is 19.1. The number of fused-ring (bicyclic) bond motifs is 1. The molecule has 1 aliphatic rings. The number of anilines is 2. The number of hydrogen-bond donors (Lipinski definition) is 3. The summed E-state index contributed by atoms with van der Waals surface area (Å²) in [5.74, 6) is -0.0102. The van der Waals surface area contributed by atoms with Gasteiger partial charge in [0, 0.05) is 17.3 Å². The zero-order valence-electron chi connectivity index (χ0n) is 13.2. The fourth-order valence-electron chi connectivity index (χ4n) is 2.83. The van der Waals surface area contributed by atoms with Crippen molar-refractivity contribution in [1.29, 1.82) is 0 Å². The van der Waals surface area contributed by atoms with Gasteiger partial charge >= 0.3 is 0 Å². The van der Waals surface area contributed by atoms with Gasteiger partial charge in [-0.3, -0.25) is 4.79 Å². The third-order valence-corrected chi connectivity index (χ3v) is 4.09. The number of nitrogens with one attached hydrogen (secondary N) is 3. The van der Waals surface area contributed by atoms with Crippen LogP contribution in [0.3, 0.4) is 0 Å². The van der Waals surface area contributed by atoms with Crippen molar-refractivity contribution in [2.24, 2.45) is 0 Å². The van der Waals surface area contributed by atoms with Crippen LogP contribution in [0.25, 0.3) is 0 Å². The zero-order valence-corrected chi connectivity index (χ0v) is 13.2. The Morgan fingerprint density at radius 2 is 1.92 bits per heavy atom. The van der Waals surface area contributed by atoms with Gasteiger partial charge in [-0.05, 0) is 48.0 Å². The maximum atomic E-state index is 13.2. The van der Waals surface area contributed by atoms with E-state index < -0.39 is 0 Å². The lowest BCUT2D eigenvalue weighted by atomic mass is 9.97. The first-order valence-corrected chi connectivity index (χ1v) is 7.84. The van der Waals surface area contributed by atoms with Crippen molar-refractivity contribution in [3.63, 3.8) is 0 Å². The highest BCUT2D eigenvalue weighted by Crippen LogP contribution is 2.33.